The summed E-state index contributed by atoms with van der Waals surface area (Å²) in [4.78, 5) is 15.9. The van der Waals surface area contributed by atoms with Crippen molar-refractivity contribution in [1.29, 1.82) is 0 Å². The Morgan fingerprint density at radius 2 is 1.94 bits per heavy atom. The number of nitrogen functional groups attached to an aromatic ring is 1. The predicted molar refractivity (Wildman–Crippen MR) is 72.9 cm³/mol. The number of hydrogen-bond donors (Lipinski definition) is 1. The van der Waals surface area contributed by atoms with E-state index in [1.54, 1.807) is 37.3 Å². The molecule has 0 atom stereocenters. The van der Waals surface area contributed by atoms with Gasteiger partial charge in [0.2, 0.25) is 0 Å². The number of hydrogen-bond acceptors (Lipinski definition) is 4. The molecule has 0 saturated heterocycles. The molecule has 0 heterocycles. The Morgan fingerprint density at radius 1 is 1.28 bits per heavy atom. The van der Waals surface area contributed by atoms with E-state index in [2.05, 4.69) is 0 Å². The first-order valence-electron chi connectivity index (χ1n) is 5.79. The van der Waals surface area contributed by atoms with Crippen LogP contribution < -0.4 is 10.5 Å². The Bertz CT molecular complexity index is 419. The first-order valence-corrected chi connectivity index (χ1v) is 5.79. The van der Waals surface area contributed by atoms with Crippen molar-refractivity contribution in [2.24, 2.45) is 0 Å². The topological polar surface area (TPSA) is 58.8 Å². The lowest BCUT2D eigenvalue weighted by atomic mass is 10.1. The third-order valence-corrected chi connectivity index (χ3v) is 2.72. The highest BCUT2D eigenvalue weighted by Crippen LogP contribution is 2.20. The van der Waals surface area contributed by atoms with E-state index in [0.717, 1.165) is 6.54 Å². The van der Waals surface area contributed by atoms with E-state index < -0.39 is 0 Å². The van der Waals surface area contributed by atoms with Crippen LogP contribution in [-0.4, -0.2) is 57.0 Å². The largest absolute Gasteiger partial charge is 0.497 e. The maximum absolute atomic E-state index is 12.2. The number of likely N-dealkylation sites (N-methyl/N-ethyl adjacent to an activating group) is 2. The molecule has 5 nitrogen and oxygen atoms in total. The molecule has 0 saturated carbocycles. The smallest absolute Gasteiger partial charge is 0.255 e. The van der Waals surface area contributed by atoms with Crippen molar-refractivity contribution in [2.75, 3.05) is 47.1 Å². The van der Waals surface area contributed by atoms with Gasteiger partial charge in [-0.05, 0) is 32.3 Å². The van der Waals surface area contributed by atoms with Gasteiger partial charge < -0.3 is 20.3 Å². The molecule has 18 heavy (non-hydrogen) atoms. The number of nitrogens with two attached hydrogens (primary N) is 1. The van der Waals surface area contributed by atoms with Crippen LogP contribution in [-0.2, 0) is 0 Å². The van der Waals surface area contributed by atoms with Gasteiger partial charge in [-0.3, -0.25) is 4.79 Å². The Hall–Kier alpha value is -1.75. The Morgan fingerprint density at radius 3 is 2.50 bits per heavy atom. The third kappa shape index (κ3) is 3.63. The van der Waals surface area contributed by atoms with Gasteiger partial charge in [0.05, 0.1) is 12.7 Å². The second-order valence-electron chi connectivity index (χ2n) is 4.48. The highest BCUT2D eigenvalue weighted by Gasteiger charge is 2.15. The predicted octanol–water partition coefficient (Wildman–Crippen LogP) is 0.911. The van der Waals surface area contributed by atoms with E-state index in [1.807, 2.05) is 19.0 Å². The molecular formula is C13H21N3O2. The number of anilines is 1. The lowest BCUT2D eigenvalue weighted by Gasteiger charge is -2.20. The molecular weight excluding hydrogens is 230 g/mol. The summed E-state index contributed by atoms with van der Waals surface area (Å²) in [7, 11) is 7.27. The van der Waals surface area contributed by atoms with Crippen LogP contribution in [0.5, 0.6) is 5.75 Å². The van der Waals surface area contributed by atoms with Crippen LogP contribution in [0.4, 0.5) is 5.69 Å². The summed E-state index contributed by atoms with van der Waals surface area (Å²) in [6.07, 6.45) is 0. The number of ether oxygens (including phenoxy) is 1. The SMILES string of the molecule is COc1ccc(N)c(C(=O)N(C)CCN(C)C)c1. The maximum Gasteiger partial charge on any atom is 0.255 e. The molecule has 0 bridgehead atoms. The van der Waals surface area contributed by atoms with Crippen LogP contribution in [0.15, 0.2) is 18.2 Å². The van der Waals surface area contributed by atoms with Crippen LogP contribution in [0, 0.1) is 0 Å². The van der Waals surface area contributed by atoms with Gasteiger partial charge in [0.1, 0.15) is 5.75 Å². The molecule has 1 amide bonds. The average molecular weight is 251 g/mol. The summed E-state index contributed by atoms with van der Waals surface area (Å²) in [6, 6.07) is 5.10. The second-order valence-corrected chi connectivity index (χ2v) is 4.48. The summed E-state index contributed by atoms with van der Waals surface area (Å²) in [6.45, 7) is 1.47. The molecule has 0 aliphatic rings. The summed E-state index contributed by atoms with van der Waals surface area (Å²) in [5, 5.41) is 0. The molecule has 0 aliphatic heterocycles. The van der Waals surface area contributed by atoms with Crippen molar-refractivity contribution < 1.29 is 9.53 Å². The van der Waals surface area contributed by atoms with Crippen molar-refractivity contribution >= 4 is 11.6 Å². The fourth-order valence-electron chi connectivity index (χ4n) is 1.50. The minimum atomic E-state index is -0.0896. The van der Waals surface area contributed by atoms with Crippen molar-refractivity contribution in [3.8, 4) is 5.75 Å². The van der Waals surface area contributed by atoms with E-state index in [4.69, 9.17) is 10.5 Å². The minimum absolute atomic E-state index is 0.0896. The van der Waals surface area contributed by atoms with Gasteiger partial charge in [-0.2, -0.15) is 0 Å². The highest BCUT2D eigenvalue weighted by molar-refractivity contribution is 5.99. The molecule has 0 spiro atoms. The molecule has 0 unspecified atom stereocenters. The van der Waals surface area contributed by atoms with Gasteiger partial charge in [0.25, 0.3) is 5.91 Å². The zero-order chi connectivity index (χ0) is 13.7. The molecule has 0 radical (unpaired) electrons. The standard InChI is InChI=1S/C13H21N3O2/c1-15(2)7-8-16(3)13(17)11-9-10(18-4)5-6-12(11)14/h5-6,9H,7-8,14H2,1-4H3. The second kappa shape index (κ2) is 6.26. The number of methoxy groups -OCH3 is 1. The van der Waals surface area contributed by atoms with Gasteiger partial charge in [0, 0.05) is 25.8 Å². The maximum atomic E-state index is 12.2. The molecule has 1 aromatic rings. The molecule has 0 aliphatic carbocycles. The van der Waals surface area contributed by atoms with E-state index in [1.165, 1.54) is 0 Å². The van der Waals surface area contributed by atoms with Crippen LogP contribution in [0.2, 0.25) is 0 Å². The Kier molecular flexibility index (Phi) is 4.97. The number of carbonyl (C=O) groups excluding carboxylic acids is 1. The number of carbonyl (C=O) groups is 1. The fraction of sp³-hybridized carbons (Fsp3) is 0.462. The molecule has 5 heteroatoms. The first-order chi connectivity index (χ1) is 8.45. The van der Waals surface area contributed by atoms with Gasteiger partial charge in [0.15, 0.2) is 0 Å². The zero-order valence-electron chi connectivity index (χ0n) is 11.4. The normalized spacial score (nSPS) is 10.5. The number of benzene rings is 1. The Balaban J connectivity index is 2.82. The van der Waals surface area contributed by atoms with Crippen molar-refractivity contribution in [3.05, 3.63) is 23.8 Å². The molecule has 1 rings (SSSR count). The minimum Gasteiger partial charge on any atom is -0.497 e. The van der Waals surface area contributed by atoms with Crippen LogP contribution in [0.1, 0.15) is 10.4 Å². The summed E-state index contributed by atoms with van der Waals surface area (Å²) in [5.74, 6) is 0.543. The summed E-state index contributed by atoms with van der Waals surface area (Å²) >= 11 is 0. The lowest BCUT2D eigenvalue weighted by Crippen LogP contribution is -2.33. The van der Waals surface area contributed by atoms with Crippen molar-refractivity contribution in [3.63, 3.8) is 0 Å². The van der Waals surface area contributed by atoms with Gasteiger partial charge >= 0.3 is 0 Å². The Labute approximate surface area is 108 Å². The van der Waals surface area contributed by atoms with E-state index in [0.29, 0.717) is 23.5 Å². The third-order valence-electron chi connectivity index (χ3n) is 2.72. The van der Waals surface area contributed by atoms with Crippen LogP contribution >= 0.6 is 0 Å². The number of amides is 1. The number of rotatable bonds is 5. The van der Waals surface area contributed by atoms with Gasteiger partial charge in [-0.1, -0.05) is 0 Å². The van der Waals surface area contributed by atoms with Crippen molar-refractivity contribution in [2.45, 2.75) is 0 Å². The zero-order valence-corrected chi connectivity index (χ0v) is 11.4. The first kappa shape index (κ1) is 14.3. The quantitative estimate of drug-likeness (QED) is 0.790. The fourth-order valence-corrected chi connectivity index (χ4v) is 1.50. The van der Waals surface area contributed by atoms with Gasteiger partial charge in [-0.15, -0.1) is 0 Å². The number of nitrogens with zero attached hydrogens (tertiary/aromatic N) is 2. The molecule has 2 N–H and O–H groups in total. The summed E-state index contributed by atoms with van der Waals surface area (Å²) < 4.78 is 5.10. The van der Waals surface area contributed by atoms with Crippen LogP contribution in [0.3, 0.4) is 0 Å². The van der Waals surface area contributed by atoms with E-state index in [-0.39, 0.29) is 5.91 Å². The van der Waals surface area contributed by atoms with Crippen LogP contribution in [0.25, 0.3) is 0 Å². The average Bonchev–Trinajstić information content (AvgIpc) is 2.35. The highest BCUT2D eigenvalue weighted by atomic mass is 16.5. The molecule has 1 aromatic carbocycles. The molecule has 0 aromatic heterocycles. The summed E-state index contributed by atoms with van der Waals surface area (Å²) in [5.41, 5.74) is 6.78. The lowest BCUT2D eigenvalue weighted by molar-refractivity contribution is 0.0787. The van der Waals surface area contributed by atoms with E-state index >= 15 is 0 Å². The monoisotopic (exact) mass is 251 g/mol. The van der Waals surface area contributed by atoms with E-state index in [9.17, 15) is 4.79 Å². The molecule has 0 fully saturated rings. The van der Waals surface area contributed by atoms with Gasteiger partial charge in [-0.25, -0.2) is 0 Å². The van der Waals surface area contributed by atoms with Crippen molar-refractivity contribution in [1.82, 2.24) is 9.80 Å². The molecule has 100 valence electrons.